The third-order valence-electron chi connectivity index (χ3n) is 4.23. The topological polar surface area (TPSA) is 64.8 Å². The average molecular weight is 483 g/mol. The highest BCUT2D eigenvalue weighted by Gasteiger charge is 2.25. The van der Waals surface area contributed by atoms with Gasteiger partial charge in [-0.3, -0.25) is 0 Å². The molecular weight excluding hydrogens is 431 g/mol. The molecule has 0 saturated carbocycles. The highest BCUT2D eigenvalue weighted by atomic mass is 19.1. The van der Waals surface area contributed by atoms with E-state index in [0.717, 1.165) is 18.4 Å². The van der Waals surface area contributed by atoms with E-state index in [-0.39, 0.29) is 30.3 Å². The fourth-order valence-electron chi connectivity index (χ4n) is 2.73. The Hall–Kier alpha value is -2.50. The minimum Gasteiger partial charge on any atom is -0.479 e. The second kappa shape index (κ2) is 26.7. The van der Waals surface area contributed by atoms with E-state index in [4.69, 9.17) is 15.2 Å². The van der Waals surface area contributed by atoms with Gasteiger partial charge in [-0.25, -0.2) is 9.18 Å². The van der Waals surface area contributed by atoms with Crippen molar-refractivity contribution in [1.29, 1.82) is 0 Å². The molecule has 0 bridgehead atoms. The highest BCUT2D eigenvalue weighted by molar-refractivity contribution is 5.67. The minimum atomic E-state index is -0.310. The van der Waals surface area contributed by atoms with E-state index in [2.05, 4.69) is 0 Å². The lowest BCUT2D eigenvalue weighted by molar-refractivity contribution is 0.0621. The van der Waals surface area contributed by atoms with Gasteiger partial charge >= 0.3 is 6.09 Å². The zero-order valence-electron chi connectivity index (χ0n) is 23.2. The van der Waals surface area contributed by atoms with Crippen LogP contribution in [0.2, 0.25) is 0 Å². The number of allylic oxidation sites excluding steroid dienone is 3. The van der Waals surface area contributed by atoms with Crippen LogP contribution in [-0.2, 0) is 16.1 Å². The zero-order chi connectivity index (χ0) is 26.8. The van der Waals surface area contributed by atoms with Crippen LogP contribution in [0.1, 0.15) is 87.1 Å². The summed E-state index contributed by atoms with van der Waals surface area (Å²) in [6.45, 7) is 19.6. The molecule has 0 aromatic heterocycles. The number of hydrogen-bond acceptors (Lipinski definition) is 4. The largest absolute Gasteiger partial charge is 0.479 e. The third kappa shape index (κ3) is 18.0. The molecule has 1 fully saturated rings. The van der Waals surface area contributed by atoms with Gasteiger partial charge in [-0.1, -0.05) is 92.6 Å². The highest BCUT2D eigenvalue weighted by Crippen LogP contribution is 2.18. The van der Waals surface area contributed by atoms with E-state index in [1.807, 2.05) is 85.7 Å². The molecule has 1 amide bonds. The van der Waals surface area contributed by atoms with Gasteiger partial charge in [0.25, 0.3) is 0 Å². The van der Waals surface area contributed by atoms with Gasteiger partial charge < -0.3 is 20.1 Å². The summed E-state index contributed by atoms with van der Waals surface area (Å²) in [6.07, 6.45) is 4.59. The third-order valence-corrected chi connectivity index (χ3v) is 4.23. The number of nitrogens with two attached hydrogens (primary N) is 1. The van der Waals surface area contributed by atoms with Crippen molar-refractivity contribution in [3.63, 3.8) is 0 Å². The summed E-state index contributed by atoms with van der Waals surface area (Å²) in [5, 5.41) is 0. The van der Waals surface area contributed by atoms with Crippen LogP contribution in [0.4, 0.5) is 9.18 Å². The predicted octanol–water partition coefficient (Wildman–Crippen LogP) is 8.22. The molecule has 34 heavy (non-hydrogen) atoms. The molecule has 1 heterocycles. The van der Waals surface area contributed by atoms with E-state index in [9.17, 15) is 9.18 Å². The van der Waals surface area contributed by atoms with E-state index in [1.54, 1.807) is 11.8 Å². The fraction of sp³-hybridized carbons (Fsp3) is 0.607. The molecule has 1 atom stereocenters. The molecule has 1 unspecified atom stereocenters. The van der Waals surface area contributed by atoms with Crippen molar-refractivity contribution < 1.29 is 18.7 Å². The average Bonchev–Trinajstić information content (AvgIpc) is 2.94. The lowest BCUT2D eigenvalue weighted by Crippen LogP contribution is -2.41. The standard InChI is InChI=1S/C20H27FN2O3.4C2H6/c1-2-18(21)10-11-19(22)25-15-17-9-6-12-23(13-17)20(24)26-14-16-7-4-3-5-8-16;4*1-2/h3-5,7-8,10-11,17H,2,6,9,12-15,22H2,1H3;4*1-2H3/b18-10+,19-11+;;;;. The van der Waals surface area contributed by atoms with Crippen LogP contribution >= 0.6 is 0 Å². The number of carbonyl (C=O) groups is 1. The van der Waals surface area contributed by atoms with Crippen LogP contribution < -0.4 is 5.73 Å². The maximum atomic E-state index is 13.1. The lowest BCUT2D eigenvalue weighted by atomic mass is 9.99. The molecule has 6 heteroatoms. The maximum Gasteiger partial charge on any atom is 0.410 e. The number of likely N-dealkylation sites (tertiary alicyclic amines) is 1. The Balaban J connectivity index is -0.00000108. The molecule has 0 aliphatic carbocycles. The van der Waals surface area contributed by atoms with Crippen LogP contribution in [0, 0.1) is 5.92 Å². The Kier molecular flexibility index (Phi) is 28.4. The summed E-state index contributed by atoms with van der Waals surface area (Å²) in [4.78, 5) is 13.9. The molecule has 198 valence electrons. The number of piperidine rings is 1. The Morgan fingerprint density at radius 3 is 2.18 bits per heavy atom. The van der Waals surface area contributed by atoms with Gasteiger partial charge in [-0.05, 0) is 30.9 Å². The van der Waals surface area contributed by atoms with Gasteiger partial charge in [0.2, 0.25) is 0 Å². The van der Waals surface area contributed by atoms with Crippen molar-refractivity contribution in [2.45, 2.75) is 88.2 Å². The number of benzene rings is 1. The lowest BCUT2D eigenvalue weighted by Gasteiger charge is -2.31. The first kappa shape index (κ1) is 36.1. The minimum absolute atomic E-state index is 0.178. The molecule has 1 aliphatic rings. The quantitative estimate of drug-likeness (QED) is 0.314. The number of nitrogens with zero attached hydrogens (tertiary/aromatic N) is 1. The van der Waals surface area contributed by atoms with Crippen LogP contribution in [-0.4, -0.2) is 30.7 Å². The van der Waals surface area contributed by atoms with Crippen molar-refractivity contribution in [2.75, 3.05) is 19.7 Å². The number of carbonyl (C=O) groups excluding carboxylic acids is 1. The summed E-state index contributed by atoms with van der Waals surface area (Å²) >= 11 is 0. The molecule has 0 spiro atoms. The van der Waals surface area contributed by atoms with Crippen molar-refractivity contribution >= 4 is 6.09 Å². The van der Waals surface area contributed by atoms with Gasteiger partial charge in [0, 0.05) is 25.1 Å². The summed E-state index contributed by atoms with van der Waals surface area (Å²) < 4.78 is 23.9. The molecule has 0 radical (unpaired) electrons. The van der Waals surface area contributed by atoms with Crippen LogP contribution in [0.3, 0.4) is 0 Å². The predicted molar refractivity (Wildman–Crippen MR) is 144 cm³/mol. The zero-order valence-corrected chi connectivity index (χ0v) is 23.2. The molecule has 5 nitrogen and oxygen atoms in total. The summed E-state index contributed by atoms with van der Waals surface area (Å²) in [7, 11) is 0. The van der Waals surface area contributed by atoms with Crippen LogP contribution in [0.5, 0.6) is 0 Å². The molecule has 1 aromatic rings. The first-order valence-electron chi connectivity index (χ1n) is 13.0. The number of hydrogen-bond donors (Lipinski definition) is 1. The normalized spacial score (nSPS) is 14.9. The van der Waals surface area contributed by atoms with Gasteiger partial charge in [0.15, 0.2) is 5.88 Å². The van der Waals surface area contributed by atoms with Crippen molar-refractivity contribution in [1.82, 2.24) is 4.90 Å². The molecule has 1 saturated heterocycles. The second-order valence-electron chi connectivity index (χ2n) is 6.34. The molecule has 1 aromatic carbocycles. The SMILES string of the molecule is CC.CC.CC.CC.CC/C(F)=C\C=C(/N)OCC1CCCN(C(=O)OCc2ccccc2)C1. The molecular formula is C28H51FN2O3. The van der Waals surface area contributed by atoms with E-state index in [1.165, 1.54) is 12.2 Å². The molecule has 1 aliphatic heterocycles. The van der Waals surface area contributed by atoms with E-state index < -0.39 is 0 Å². The number of rotatable bonds is 7. The summed E-state index contributed by atoms with van der Waals surface area (Å²) in [6, 6.07) is 9.59. The second-order valence-corrected chi connectivity index (χ2v) is 6.34. The number of ether oxygens (including phenoxy) is 2. The first-order chi connectivity index (χ1) is 16.6. The Labute approximate surface area is 209 Å². The Morgan fingerprint density at radius 1 is 1.03 bits per heavy atom. The molecule has 2 rings (SSSR count). The van der Waals surface area contributed by atoms with Crippen molar-refractivity contribution in [3.05, 3.63) is 59.8 Å². The van der Waals surface area contributed by atoms with Gasteiger partial charge in [-0.2, -0.15) is 0 Å². The van der Waals surface area contributed by atoms with Crippen LogP contribution in [0.25, 0.3) is 0 Å². The monoisotopic (exact) mass is 482 g/mol. The van der Waals surface area contributed by atoms with Gasteiger partial charge in [0.05, 0.1) is 12.4 Å². The number of halogens is 1. The van der Waals surface area contributed by atoms with Crippen molar-refractivity contribution in [2.24, 2.45) is 11.7 Å². The summed E-state index contributed by atoms with van der Waals surface area (Å²) in [5.41, 5.74) is 6.68. The van der Waals surface area contributed by atoms with E-state index >= 15 is 0 Å². The van der Waals surface area contributed by atoms with Crippen molar-refractivity contribution in [3.8, 4) is 0 Å². The maximum absolute atomic E-state index is 13.1. The Bertz CT molecular complexity index is 634. The fourth-order valence-corrected chi connectivity index (χ4v) is 2.73. The van der Waals surface area contributed by atoms with Crippen LogP contribution in [0.15, 0.2) is 54.2 Å². The number of amides is 1. The first-order valence-corrected chi connectivity index (χ1v) is 13.0. The van der Waals surface area contributed by atoms with E-state index in [0.29, 0.717) is 26.1 Å². The van der Waals surface area contributed by atoms with Gasteiger partial charge in [-0.15, -0.1) is 0 Å². The smallest absolute Gasteiger partial charge is 0.410 e. The molecule has 2 N–H and O–H groups in total. The van der Waals surface area contributed by atoms with Gasteiger partial charge in [0.1, 0.15) is 6.61 Å². The summed E-state index contributed by atoms with van der Waals surface area (Å²) in [5.74, 6) is 0.110. The Morgan fingerprint density at radius 2 is 1.62 bits per heavy atom.